The molecule has 0 radical (unpaired) electrons. The maximum absolute atomic E-state index is 6.19. The molecule has 2 N–H and O–H groups in total. The smallest absolute Gasteiger partial charge is 0.0333 e. The minimum absolute atomic E-state index is 0.214. The third-order valence-electron chi connectivity index (χ3n) is 5.03. The van der Waals surface area contributed by atoms with Crippen molar-refractivity contribution in [2.24, 2.45) is 17.6 Å². The number of nitrogens with two attached hydrogens (primary N) is 1. The van der Waals surface area contributed by atoms with Gasteiger partial charge in [-0.3, -0.25) is 4.90 Å². The summed E-state index contributed by atoms with van der Waals surface area (Å²) in [7, 11) is 2.26. The standard InChI is InChI=1S/C18H30N2/c1-15-11-16(2)13-18(12-15,14-19)20(3)10-9-17-7-5-4-6-8-17/h4-8,15-16H,9-14,19H2,1-3H3. The first-order chi connectivity index (χ1) is 9.55. The van der Waals surface area contributed by atoms with Crippen LogP contribution in [0.25, 0.3) is 0 Å². The fourth-order valence-corrected chi connectivity index (χ4v) is 4.05. The van der Waals surface area contributed by atoms with Gasteiger partial charge in [-0.15, -0.1) is 0 Å². The Morgan fingerprint density at radius 2 is 1.75 bits per heavy atom. The van der Waals surface area contributed by atoms with Gasteiger partial charge in [0.05, 0.1) is 0 Å². The van der Waals surface area contributed by atoms with Gasteiger partial charge in [-0.2, -0.15) is 0 Å². The Morgan fingerprint density at radius 3 is 2.30 bits per heavy atom. The van der Waals surface area contributed by atoms with Crippen molar-refractivity contribution in [2.75, 3.05) is 20.1 Å². The van der Waals surface area contributed by atoms with Gasteiger partial charge in [0.25, 0.3) is 0 Å². The molecule has 2 heteroatoms. The van der Waals surface area contributed by atoms with Crippen LogP contribution in [0.5, 0.6) is 0 Å². The molecule has 20 heavy (non-hydrogen) atoms. The predicted molar refractivity (Wildman–Crippen MR) is 86.7 cm³/mol. The molecule has 1 aromatic rings. The lowest BCUT2D eigenvalue weighted by Gasteiger charge is -2.48. The summed E-state index contributed by atoms with van der Waals surface area (Å²) in [5, 5.41) is 0. The molecule has 0 saturated heterocycles. The number of rotatable bonds is 5. The van der Waals surface area contributed by atoms with E-state index in [1.54, 1.807) is 0 Å². The molecule has 0 spiro atoms. The maximum Gasteiger partial charge on any atom is 0.0333 e. The number of benzene rings is 1. The van der Waals surface area contributed by atoms with Gasteiger partial charge in [-0.05, 0) is 50.1 Å². The van der Waals surface area contributed by atoms with Crippen molar-refractivity contribution >= 4 is 0 Å². The van der Waals surface area contributed by atoms with E-state index in [0.717, 1.165) is 31.3 Å². The monoisotopic (exact) mass is 274 g/mol. The van der Waals surface area contributed by atoms with Gasteiger partial charge in [0.2, 0.25) is 0 Å². The Hall–Kier alpha value is -0.860. The van der Waals surface area contributed by atoms with Crippen LogP contribution in [0.1, 0.15) is 38.7 Å². The molecule has 1 aromatic carbocycles. The molecule has 0 aliphatic heterocycles. The number of likely N-dealkylation sites (N-methyl/N-ethyl adjacent to an activating group) is 1. The minimum Gasteiger partial charge on any atom is -0.329 e. The minimum atomic E-state index is 0.214. The van der Waals surface area contributed by atoms with Crippen LogP contribution in [0, 0.1) is 11.8 Å². The van der Waals surface area contributed by atoms with E-state index in [0.29, 0.717) is 0 Å². The fraction of sp³-hybridized carbons (Fsp3) is 0.667. The average Bonchev–Trinajstić information content (AvgIpc) is 2.44. The molecule has 1 saturated carbocycles. The summed E-state index contributed by atoms with van der Waals surface area (Å²) >= 11 is 0. The van der Waals surface area contributed by atoms with E-state index in [2.05, 4.69) is 56.1 Å². The summed E-state index contributed by atoms with van der Waals surface area (Å²) in [6.07, 6.45) is 4.97. The van der Waals surface area contributed by atoms with E-state index >= 15 is 0 Å². The van der Waals surface area contributed by atoms with Crippen molar-refractivity contribution in [1.29, 1.82) is 0 Å². The number of hydrogen-bond acceptors (Lipinski definition) is 2. The Balaban J connectivity index is 1.99. The quantitative estimate of drug-likeness (QED) is 0.892. The highest BCUT2D eigenvalue weighted by Gasteiger charge is 2.39. The third kappa shape index (κ3) is 3.62. The average molecular weight is 274 g/mol. The van der Waals surface area contributed by atoms with Gasteiger partial charge in [-0.1, -0.05) is 44.2 Å². The van der Waals surface area contributed by atoms with E-state index in [1.807, 2.05) is 0 Å². The van der Waals surface area contributed by atoms with Crippen LogP contribution < -0.4 is 5.73 Å². The van der Waals surface area contributed by atoms with Gasteiger partial charge >= 0.3 is 0 Å². The van der Waals surface area contributed by atoms with Crippen molar-refractivity contribution in [3.05, 3.63) is 35.9 Å². The lowest BCUT2D eigenvalue weighted by atomic mass is 9.71. The van der Waals surface area contributed by atoms with Crippen LogP contribution >= 0.6 is 0 Å². The zero-order valence-electron chi connectivity index (χ0n) is 13.3. The Bertz CT molecular complexity index is 391. The van der Waals surface area contributed by atoms with Crippen LogP contribution in [0.15, 0.2) is 30.3 Å². The summed E-state index contributed by atoms with van der Waals surface area (Å²) in [5.41, 5.74) is 7.82. The zero-order valence-corrected chi connectivity index (χ0v) is 13.3. The summed E-state index contributed by atoms with van der Waals surface area (Å²) in [4.78, 5) is 2.53. The van der Waals surface area contributed by atoms with Crippen LogP contribution in [0.4, 0.5) is 0 Å². The summed E-state index contributed by atoms with van der Waals surface area (Å²) in [6, 6.07) is 10.8. The van der Waals surface area contributed by atoms with Gasteiger partial charge in [0, 0.05) is 18.6 Å². The van der Waals surface area contributed by atoms with Gasteiger partial charge in [0.15, 0.2) is 0 Å². The Labute approximate surface area is 124 Å². The van der Waals surface area contributed by atoms with E-state index in [4.69, 9.17) is 5.73 Å². The van der Waals surface area contributed by atoms with E-state index in [-0.39, 0.29) is 5.54 Å². The highest BCUT2D eigenvalue weighted by molar-refractivity contribution is 5.15. The second-order valence-electron chi connectivity index (χ2n) is 6.94. The first-order valence-electron chi connectivity index (χ1n) is 8.01. The topological polar surface area (TPSA) is 29.3 Å². The Kier molecular flexibility index (Phi) is 5.22. The largest absolute Gasteiger partial charge is 0.329 e. The molecule has 1 aliphatic carbocycles. The molecular weight excluding hydrogens is 244 g/mol. The van der Waals surface area contributed by atoms with Crippen LogP contribution in [-0.2, 0) is 6.42 Å². The van der Waals surface area contributed by atoms with Crippen LogP contribution in [0.3, 0.4) is 0 Å². The van der Waals surface area contributed by atoms with Crippen molar-refractivity contribution in [3.63, 3.8) is 0 Å². The van der Waals surface area contributed by atoms with Crippen molar-refractivity contribution < 1.29 is 0 Å². The number of nitrogens with zero attached hydrogens (tertiary/aromatic N) is 1. The molecular formula is C18H30N2. The summed E-state index contributed by atoms with van der Waals surface area (Å²) in [5.74, 6) is 1.59. The first-order valence-corrected chi connectivity index (χ1v) is 8.01. The fourth-order valence-electron chi connectivity index (χ4n) is 4.05. The molecule has 0 amide bonds. The first kappa shape index (κ1) is 15.5. The third-order valence-corrected chi connectivity index (χ3v) is 5.03. The Morgan fingerprint density at radius 1 is 1.15 bits per heavy atom. The highest BCUT2D eigenvalue weighted by atomic mass is 15.2. The lowest BCUT2D eigenvalue weighted by molar-refractivity contribution is 0.0397. The van der Waals surface area contributed by atoms with Crippen LogP contribution in [-0.4, -0.2) is 30.6 Å². The molecule has 0 aromatic heterocycles. The maximum atomic E-state index is 6.19. The summed E-state index contributed by atoms with van der Waals surface area (Å²) in [6.45, 7) is 6.64. The van der Waals surface area contributed by atoms with E-state index < -0.39 is 0 Å². The van der Waals surface area contributed by atoms with E-state index in [1.165, 1.54) is 24.8 Å². The van der Waals surface area contributed by atoms with Gasteiger partial charge in [0.1, 0.15) is 0 Å². The van der Waals surface area contributed by atoms with Gasteiger partial charge < -0.3 is 5.73 Å². The summed E-state index contributed by atoms with van der Waals surface area (Å²) < 4.78 is 0. The van der Waals surface area contributed by atoms with Crippen molar-refractivity contribution in [1.82, 2.24) is 4.90 Å². The van der Waals surface area contributed by atoms with Crippen molar-refractivity contribution in [2.45, 2.75) is 45.1 Å². The van der Waals surface area contributed by atoms with Gasteiger partial charge in [-0.25, -0.2) is 0 Å². The SMILES string of the molecule is CC1CC(C)CC(CN)(N(C)CCc2ccccc2)C1. The molecule has 1 aliphatic rings. The highest BCUT2D eigenvalue weighted by Crippen LogP contribution is 2.38. The second kappa shape index (κ2) is 6.73. The molecule has 2 unspecified atom stereocenters. The number of hydrogen-bond donors (Lipinski definition) is 1. The molecule has 112 valence electrons. The molecule has 0 bridgehead atoms. The molecule has 0 heterocycles. The molecule has 2 nitrogen and oxygen atoms in total. The molecule has 2 atom stereocenters. The van der Waals surface area contributed by atoms with Crippen molar-refractivity contribution in [3.8, 4) is 0 Å². The molecule has 2 rings (SSSR count). The lowest BCUT2D eigenvalue weighted by Crippen LogP contribution is -2.56. The normalized spacial score (nSPS) is 30.6. The predicted octanol–water partition coefficient (Wildman–Crippen LogP) is 3.31. The second-order valence-corrected chi connectivity index (χ2v) is 6.94. The van der Waals surface area contributed by atoms with E-state index in [9.17, 15) is 0 Å². The zero-order chi connectivity index (χ0) is 14.6. The van der Waals surface area contributed by atoms with Crippen LogP contribution in [0.2, 0.25) is 0 Å². The molecule has 1 fully saturated rings.